The summed E-state index contributed by atoms with van der Waals surface area (Å²) in [6, 6.07) is 6.11. The van der Waals surface area contributed by atoms with E-state index in [1.54, 1.807) is 26.0 Å². The highest BCUT2D eigenvalue weighted by atomic mass is 16.5. The molecule has 0 unspecified atom stereocenters. The molecule has 0 amide bonds. The molecule has 0 radical (unpaired) electrons. The molecule has 0 fully saturated rings. The molecule has 2 heterocycles. The Bertz CT molecular complexity index is 1710. The zero-order valence-corrected chi connectivity index (χ0v) is 23.0. The molecule has 11 nitrogen and oxygen atoms in total. The number of benzene rings is 2. The predicted molar refractivity (Wildman–Crippen MR) is 152 cm³/mol. The Kier molecular flexibility index (Phi) is 10.7. The number of carboxylic acid groups (broad SMARTS) is 1. The second-order valence-electron chi connectivity index (χ2n) is 8.85. The summed E-state index contributed by atoms with van der Waals surface area (Å²) >= 11 is 0. The molecule has 41 heavy (non-hydrogen) atoms. The lowest BCUT2D eigenvalue weighted by Crippen LogP contribution is -2.18. The lowest BCUT2D eigenvalue weighted by atomic mass is 10.1. The van der Waals surface area contributed by atoms with Gasteiger partial charge < -0.3 is 33.3 Å². The second-order valence-corrected chi connectivity index (χ2v) is 8.85. The number of rotatable bonds is 7. The molecule has 0 bridgehead atoms. The Labute approximate surface area is 235 Å². The van der Waals surface area contributed by atoms with Crippen LogP contribution in [0.2, 0.25) is 0 Å². The Balaban J connectivity index is 0.000000281. The molecular weight excluding hydrogens is 536 g/mol. The highest BCUT2D eigenvalue weighted by molar-refractivity contribution is 5.87. The van der Waals surface area contributed by atoms with E-state index in [0.29, 0.717) is 28.0 Å². The molecule has 4 rings (SSSR count). The predicted octanol–water partition coefficient (Wildman–Crippen LogP) is 4.60. The third-order valence-electron chi connectivity index (χ3n) is 6.03. The molecular formula is C30H34O11. The highest BCUT2D eigenvalue weighted by Gasteiger charge is 2.19. The van der Waals surface area contributed by atoms with Crippen molar-refractivity contribution >= 4 is 33.9 Å². The van der Waals surface area contributed by atoms with Crippen LogP contribution < -0.4 is 20.3 Å². The number of methoxy groups -OCH3 is 2. The van der Waals surface area contributed by atoms with Gasteiger partial charge in [-0.3, -0.25) is 19.2 Å². The van der Waals surface area contributed by atoms with Crippen molar-refractivity contribution in [1.82, 2.24) is 0 Å². The van der Waals surface area contributed by atoms with E-state index in [9.17, 15) is 24.3 Å². The maximum atomic E-state index is 12.6. The van der Waals surface area contributed by atoms with Crippen molar-refractivity contribution in [2.75, 3.05) is 20.8 Å². The average Bonchev–Trinajstić information content (AvgIpc) is 2.88. The molecule has 11 heteroatoms. The molecule has 0 saturated carbocycles. The zero-order valence-electron chi connectivity index (χ0n) is 23.0. The Hall–Kier alpha value is -4.80. The Morgan fingerprint density at radius 2 is 1.29 bits per heavy atom. The molecule has 220 valence electrons. The van der Waals surface area contributed by atoms with Gasteiger partial charge >= 0.3 is 11.9 Å². The number of aliphatic carboxylic acids is 1. The maximum absolute atomic E-state index is 12.6. The van der Waals surface area contributed by atoms with Gasteiger partial charge in [0.05, 0.1) is 33.7 Å². The molecule has 2 aromatic heterocycles. The Morgan fingerprint density at radius 1 is 0.805 bits per heavy atom. The van der Waals surface area contributed by atoms with E-state index in [0.717, 1.165) is 5.56 Å². The molecule has 0 atom stereocenters. The zero-order chi connectivity index (χ0) is 29.7. The highest BCUT2D eigenvalue weighted by Crippen LogP contribution is 2.30. The van der Waals surface area contributed by atoms with E-state index < -0.39 is 23.8 Å². The van der Waals surface area contributed by atoms with Gasteiger partial charge in [0.1, 0.15) is 50.7 Å². The summed E-state index contributed by atoms with van der Waals surface area (Å²) in [5, 5.41) is 18.8. The smallest absolute Gasteiger partial charge is 0.310 e. The van der Waals surface area contributed by atoms with Crippen molar-refractivity contribution < 1.29 is 42.8 Å². The maximum Gasteiger partial charge on any atom is 0.310 e. The fourth-order valence-corrected chi connectivity index (χ4v) is 4.22. The van der Waals surface area contributed by atoms with E-state index >= 15 is 0 Å². The Morgan fingerprint density at radius 3 is 1.78 bits per heavy atom. The first kappa shape index (κ1) is 32.4. The van der Waals surface area contributed by atoms with Gasteiger partial charge in [-0.25, -0.2) is 0 Å². The van der Waals surface area contributed by atoms with Crippen LogP contribution >= 0.6 is 0 Å². The fourth-order valence-electron chi connectivity index (χ4n) is 4.22. The molecule has 2 aromatic carbocycles. The SMILES string of the molecule is C.CCOC(=O)Cc1c(C)oc2cc(C)cc(OC)c2c1=O.COc1cc(O)cc2oc(C)c(CC(=O)O)c(=O)c12. The first-order valence-electron chi connectivity index (χ1n) is 12.2. The normalized spacial score (nSPS) is 10.4. The van der Waals surface area contributed by atoms with Crippen molar-refractivity contribution in [2.24, 2.45) is 0 Å². The minimum Gasteiger partial charge on any atom is -0.508 e. The summed E-state index contributed by atoms with van der Waals surface area (Å²) in [5.74, 6) is -0.427. The van der Waals surface area contributed by atoms with Crippen LogP contribution in [0.15, 0.2) is 42.7 Å². The number of aryl methyl sites for hydroxylation is 3. The number of ether oxygens (including phenoxy) is 3. The number of phenols is 1. The minimum absolute atomic E-state index is 0. The van der Waals surface area contributed by atoms with Crippen LogP contribution in [0.3, 0.4) is 0 Å². The van der Waals surface area contributed by atoms with Crippen LogP contribution in [0.5, 0.6) is 17.2 Å². The van der Waals surface area contributed by atoms with Crippen molar-refractivity contribution in [2.45, 2.75) is 48.0 Å². The number of hydrogen-bond donors (Lipinski definition) is 2. The quantitative estimate of drug-likeness (QED) is 0.298. The lowest BCUT2D eigenvalue weighted by molar-refractivity contribution is -0.142. The van der Waals surface area contributed by atoms with Gasteiger partial charge in [-0.2, -0.15) is 0 Å². The molecule has 4 aromatic rings. The van der Waals surface area contributed by atoms with Gasteiger partial charge in [0.25, 0.3) is 0 Å². The van der Waals surface area contributed by atoms with Crippen LogP contribution in [0, 0.1) is 20.8 Å². The van der Waals surface area contributed by atoms with Gasteiger partial charge in [0.15, 0.2) is 10.9 Å². The van der Waals surface area contributed by atoms with Gasteiger partial charge in [0, 0.05) is 23.3 Å². The van der Waals surface area contributed by atoms with Crippen molar-refractivity contribution in [3.63, 3.8) is 0 Å². The van der Waals surface area contributed by atoms with Gasteiger partial charge in [-0.05, 0) is 45.4 Å². The summed E-state index contributed by atoms with van der Waals surface area (Å²) < 4.78 is 26.3. The van der Waals surface area contributed by atoms with E-state index in [1.165, 1.54) is 33.3 Å². The summed E-state index contributed by atoms with van der Waals surface area (Å²) in [5.41, 5.74) is 1.22. The number of carboxylic acids is 1. The summed E-state index contributed by atoms with van der Waals surface area (Å²) in [6.07, 6.45) is -0.525. The number of esters is 1. The first-order valence-corrected chi connectivity index (χ1v) is 12.2. The second kappa shape index (κ2) is 13.5. The number of phenolic OH excluding ortho intramolecular Hbond substituents is 1. The third-order valence-corrected chi connectivity index (χ3v) is 6.03. The molecule has 2 N–H and O–H groups in total. The molecule has 0 aliphatic carbocycles. The number of fused-ring (bicyclic) bond motifs is 2. The summed E-state index contributed by atoms with van der Waals surface area (Å²) in [7, 11) is 2.85. The summed E-state index contributed by atoms with van der Waals surface area (Å²) in [4.78, 5) is 47.3. The average molecular weight is 571 g/mol. The number of aromatic hydroxyl groups is 1. The molecule has 0 spiro atoms. The van der Waals surface area contributed by atoms with Crippen molar-refractivity contribution in [1.29, 1.82) is 0 Å². The van der Waals surface area contributed by atoms with Crippen LogP contribution in [0.1, 0.15) is 42.6 Å². The van der Waals surface area contributed by atoms with Gasteiger partial charge in [0.2, 0.25) is 0 Å². The molecule has 0 saturated heterocycles. The number of hydrogen-bond acceptors (Lipinski definition) is 10. The van der Waals surface area contributed by atoms with Gasteiger partial charge in [-0.15, -0.1) is 0 Å². The summed E-state index contributed by atoms with van der Waals surface area (Å²) in [6.45, 7) is 7.07. The first-order chi connectivity index (χ1) is 18.9. The van der Waals surface area contributed by atoms with Gasteiger partial charge in [-0.1, -0.05) is 7.43 Å². The fraction of sp³-hybridized carbons (Fsp3) is 0.333. The monoisotopic (exact) mass is 570 g/mol. The van der Waals surface area contributed by atoms with Crippen LogP contribution in [-0.4, -0.2) is 43.0 Å². The van der Waals surface area contributed by atoms with E-state index in [4.69, 9.17) is 28.2 Å². The van der Waals surface area contributed by atoms with Crippen LogP contribution in [-0.2, 0) is 27.2 Å². The van der Waals surface area contributed by atoms with Crippen LogP contribution in [0.25, 0.3) is 21.9 Å². The van der Waals surface area contributed by atoms with Crippen LogP contribution in [0.4, 0.5) is 0 Å². The number of carbonyl (C=O) groups is 2. The lowest BCUT2D eigenvalue weighted by Gasteiger charge is -2.10. The topological polar surface area (TPSA) is 163 Å². The van der Waals surface area contributed by atoms with E-state index in [1.807, 2.05) is 6.92 Å². The van der Waals surface area contributed by atoms with E-state index in [2.05, 4.69) is 0 Å². The molecule has 0 aliphatic heterocycles. The van der Waals surface area contributed by atoms with Crippen molar-refractivity contribution in [3.8, 4) is 17.2 Å². The number of carbonyl (C=O) groups excluding carboxylic acids is 1. The minimum atomic E-state index is -1.12. The van der Waals surface area contributed by atoms with Crippen molar-refractivity contribution in [3.05, 3.63) is 72.9 Å². The molecule has 0 aliphatic rings. The van der Waals surface area contributed by atoms with E-state index in [-0.39, 0.29) is 59.7 Å². The third kappa shape index (κ3) is 7.05. The standard InChI is InChI=1S/C16H18O5.C13H12O6.CH4/c1-5-20-14(17)8-11-10(3)21-13-7-9(2)6-12(19-4)15(13)16(11)18;1-6-8(5-11(15)16)13(17)12-9(18-2)3-7(14)4-10(12)19-6;/h6-7H,5,8H2,1-4H3;3-4,14H,5H2,1-2H3,(H,15,16);1H4. The largest absolute Gasteiger partial charge is 0.508 e.